The number of thioether (sulfide) groups is 1. The SMILES string of the molecule is O=C(O)N1CCC(Sc2nnc(-c3ccncc3)o2)CC1. The van der Waals surface area contributed by atoms with Crippen LogP contribution in [-0.2, 0) is 0 Å². The van der Waals surface area contributed by atoms with Gasteiger partial charge in [-0.15, -0.1) is 10.2 Å². The third-order valence-electron chi connectivity index (χ3n) is 3.31. The minimum atomic E-state index is -0.851. The summed E-state index contributed by atoms with van der Waals surface area (Å²) in [6.07, 6.45) is 4.09. The first-order valence-corrected chi connectivity index (χ1v) is 7.49. The summed E-state index contributed by atoms with van der Waals surface area (Å²) >= 11 is 1.52. The van der Waals surface area contributed by atoms with Gasteiger partial charge >= 0.3 is 6.09 Å². The van der Waals surface area contributed by atoms with E-state index in [0.29, 0.717) is 29.5 Å². The molecule has 8 heteroatoms. The van der Waals surface area contributed by atoms with Gasteiger partial charge in [-0.2, -0.15) is 0 Å². The van der Waals surface area contributed by atoms with Crippen molar-refractivity contribution in [3.8, 4) is 11.5 Å². The van der Waals surface area contributed by atoms with Gasteiger partial charge in [0.1, 0.15) is 0 Å². The molecule has 0 bridgehead atoms. The zero-order valence-corrected chi connectivity index (χ0v) is 12.0. The molecule has 1 fully saturated rings. The number of rotatable bonds is 3. The van der Waals surface area contributed by atoms with Crippen molar-refractivity contribution in [1.29, 1.82) is 0 Å². The molecule has 0 unspecified atom stereocenters. The minimum absolute atomic E-state index is 0.311. The van der Waals surface area contributed by atoms with Crippen molar-refractivity contribution in [2.75, 3.05) is 13.1 Å². The maximum absolute atomic E-state index is 10.9. The molecule has 2 aromatic heterocycles. The quantitative estimate of drug-likeness (QED) is 0.930. The van der Waals surface area contributed by atoms with E-state index in [9.17, 15) is 4.79 Å². The molecule has 0 aliphatic carbocycles. The highest BCUT2D eigenvalue weighted by Gasteiger charge is 2.24. The predicted octanol–water partition coefficient (Wildman–Crippen LogP) is 2.37. The molecular weight excluding hydrogens is 292 g/mol. The minimum Gasteiger partial charge on any atom is -0.465 e. The molecule has 0 atom stereocenters. The molecule has 0 spiro atoms. The van der Waals surface area contributed by atoms with Gasteiger partial charge < -0.3 is 14.4 Å². The highest BCUT2D eigenvalue weighted by molar-refractivity contribution is 7.99. The van der Waals surface area contributed by atoms with Gasteiger partial charge in [-0.05, 0) is 25.0 Å². The van der Waals surface area contributed by atoms with Crippen LogP contribution in [0.4, 0.5) is 4.79 Å². The first-order chi connectivity index (χ1) is 10.2. The average molecular weight is 306 g/mol. The molecule has 1 amide bonds. The van der Waals surface area contributed by atoms with Crippen LogP contribution in [0.2, 0.25) is 0 Å². The molecule has 0 saturated carbocycles. The van der Waals surface area contributed by atoms with Gasteiger partial charge in [0.15, 0.2) is 0 Å². The summed E-state index contributed by atoms with van der Waals surface area (Å²) in [6.45, 7) is 1.11. The molecule has 3 rings (SSSR count). The van der Waals surface area contributed by atoms with Gasteiger partial charge in [-0.1, -0.05) is 11.8 Å². The first kappa shape index (κ1) is 13.9. The van der Waals surface area contributed by atoms with Crippen LogP contribution in [-0.4, -0.2) is 49.6 Å². The summed E-state index contributed by atoms with van der Waals surface area (Å²) in [4.78, 5) is 16.2. The number of pyridine rings is 1. The number of aromatic nitrogens is 3. The van der Waals surface area contributed by atoms with Crippen molar-refractivity contribution in [1.82, 2.24) is 20.1 Å². The lowest BCUT2D eigenvalue weighted by Gasteiger charge is -2.28. The van der Waals surface area contributed by atoms with Gasteiger partial charge in [0, 0.05) is 36.3 Å². The number of hydrogen-bond acceptors (Lipinski definition) is 6. The van der Waals surface area contributed by atoms with Crippen LogP contribution in [0.3, 0.4) is 0 Å². The molecular formula is C13H14N4O3S. The van der Waals surface area contributed by atoms with Crippen LogP contribution in [0, 0.1) is 0 Å². The third-order valence-corrected chi connectivity index (χ3v) is 4.49. The third kappa shape index (κ3) is 3.33. The smallest absolute Gasteiger partial charge is 0.407 e. The molecule has 1 aliphatic rings. The number of carboxylic acid groups (broad SMARTS) is 1. The van der Waals surface area contributed by atoms with E-state index in [1.54, 1.807) is 12.4 Å². The number of piperidine rings is 1. The van der Waals surface area contributed by atoms with Gasteiger partial charge in [0.2, 0.25) is 5.89 Å². The predicted molar refractivity (Wildman–Crippen MR) is 76.0 cm³/mol. The van der Waals surface area contributed by atoms with Crippen LogP contribution in [0.5, 0.6) is 0 Å². The summed E-state index contributed by atoms with van der Waals surface area (Å²) in [6, 6.07) is 3.63. The maximum atomic E-state index is 10.9. The van der Waals surface area contributed by atoms with Gasteiger partial charge in [0.25, 0.3) is 5.22 Å². The molecule has 1 aliphatic heterocycles. The summed E-state index contributed by atoms with van der Waals surface area (Å²) in [5, 5.41) is 17.8. The van der Waals surface area contributed by atoms with Crippen molar-refractivity contribution < 1.29 is 14.3 Å². The van der Waals surface area contributed by atoms with Crippen LogP contribution >= 0.6 is 11.8 Å². The van der Waals surface area contributed by atoms with E-state index in [1.807, 2.05) is 12.1 Å². The van der Waals surface area contributed by atoms with Crippen LogP contribution in [0.15, 0.2) is 34.2 Å². The topological polar surface area (TPSA) is 92.3 Å². The average Bonchev–Trinajstić information content (AvgIpc) is 2.97. The fourth-order valence-electron chi connectivity index (χ4n) is 2.18. The second-order valence-corrected chi connectivity index (χ2v) is 5.95. The van der Waals surface area contributed by atoms with Crippen molar-refractivity contribution >= 4 is 17.9 Å². The van der Waals surface area contributed by atoms with Crippen molar-refractivity contribution in [3.63, 3.8) is 0 Å². The Hall–Kier alpha value is -2.09. The second-order valence-electron chi connectivity index (χ2n) is 4.70. The molecule has 1 N–H and O–H groups in total. The molecule has 2 aromatic rings. The van der Waals surface area contributed by atoms with Crippen molar-refractivity contribution in [2.24, 2.45) is 0 Å². The highest BCUT2D eigenvalue weighted by atomic mass is 32.2. The summed E-state index contributed by atoms with van der Waals surface area (Å²) < 4.78 is 5.63. The summed E-state index contributed by atoms with van der Waals surface area (Å²) in [5.41, 5.74) is 0.838. The number of likely N-dealkylation sites (tertiary alicyclic amines) is 1. The number of amides is 1. The Morgan fingerprint density at radius 3 is 2.67 bits per heavy atom. The first-order valence-electron chi connectivity index (χ1n) is 6.61. The lowest BCUT2D eigenvalue weighted by molar-refractivity contribution is 0.136. The zero-order chi connectivity index (χ0) is 14.7. The van der Waals surface area contributed by atoms with Crippen molar-refractivity contribution in [3.05, 3.63) is 24.5 Å². The van der Waals surface area contributed by atoms with Gasteiger partial charge in [-0.3, -0.25) is 4.98 Å². The molecule has 7 nitrogen and oxygen atoms in total. The van der Waals surface area contributed by atoms with Crippen molar-refractivity contribution in [2.45, 2.75) is 23.3 Å². The van der Waals surface area contributed by atoms with Gasteiger partial charge in [-0.25, -0.2) is 4.79 Å². The Morgan fingerprint density at radius 1 is 1.29 bits per heavy atom. The van der Waals surface area contributed by atoms with E-state index in [1.165, 1.54) is 16.7 Å². The standard InChI is InChI=1S/C13H14N4O3S/c18-13(19)17-7-3-10(4-8-17)21-12-16-15-11(20-12)9-1-5-14-6-2-9/h1-2,5-6,10H,3-4,7-8H2,(H,18,19). The van der Waals surface area contributed by atoms with E-state index >= 15 is 0 Å². The number of hydrogen-bond donors (Lipinski definition) is 1. The number of nitrogens with zero attached hydrogens (tertiary/aromatic N) is 4. The Balaban J connectivity index is 1.60. The largest absolute Gasteiger partial charge is 0.465 e. The fourth-order valence-corrected chi connectivity index (χ4v) is 3.12. The molecule has 110 valence electrons. The van der Waals surface area contributed by atoms with E-state index in [4.69, 9.17) is 9.52 Å². The van der Waals surface area contributed by atoms with E-state index in [2.05, 4.69) is 15.2 Å². The summed E-state index contributed by atoms with van der Waals surface area (Å²) in [7, 11) is 0. The lowest BCUT2D eigenvalue weighted by Crippen LogP contribution is -2.38. The lowest BCUT2D eigenvalue weighted by atomic mass is 10.1. The monoisotopic (exact) mass is 306 g/mol. The van der Waals surface area contributed by atoms with Crippen LogP contribution in [0.1, 0.15) is 12.8 Å². The molecule has 0 aromatic carbocycles. The highest BCUT2D eigenvalue weighted by Crippen LogP contribution is 2.31. The van der Waals surface area contributed by atoms with E-state index in [-0.39, 0.29) is 0 Å². The molecule has 1 saturated heterocycles. The van der Waals surface area contributed by atoms with Crippen LogP contribution in [0.25, 0.3) is 11.5 Å². The van der Waals surface area contributed by atoms with Crippen LogP contribution < -0.4 is 0 Å². The Kier molecular flexibility index (Phi) is 4.05. The van der Waals surface area contributed by atoms with Gasteiger partial charge in [0.05, 0.1) is 0 Å². The molecule has 21 heavy (non-hydrogen) atoms. The fraction of sp³-hybridized carbons (Fsp3) is 0.385. The Morgan fingerprint density at radius 2 is 2.00 bits per heavy atom. The number of carbonyl (C=O) groups is 1. The molecule has 3 heterocycles. The second kappa shape index (κ2) is 6.13. The molecule has 0 radical (unpaired) electrons. The van der Waals surface area contributed by atoms with E-state index in [0.717, 1.165) is 18.4 Å². The Bertz CT molecular complexity index is 611. The zero-order valence-electron chi connectivity index (χ0n) is 11.2. The summed E-state index contributed by atoms with van der Waals surface area (Å²) in [5.74, 6) is 0.475. The maximum Gasteiger partial charge on any atom is 0.407 e. The Labute approximate surface area is 125 Å². The van der Waals surface area contributed by atoms with E-state index < -0.39 is 6.09 Å². The normalized spacial score (nSPS) is 16.1.